The second kappa shape index (κ2) is 11.3. The molecule has 0 spiro atoms. The first kappa shape index (κ1) is 26.1. The van der Waals surface area contributed by atoms with Gasteiger partial charge in [-0.25, -0.2) is 0 Å². The fourth-order valence-corrected chi connectivity index (χ4v) is 8.76. The summed E-state index contributed by atoms with van der Waals surface area (Å²) in [7, 11) is -0.325. The van der Waals surface area contributed by atoms with Gasteiger partial charge in [0.15, 0.2) is 0 Å². The van der Waals surface area contributed by atoms with E-state index in [2.05, 4.69) is 91.0 Å². The van der Waals surface area contributed by atoms with Crippen molar-refractivity contribution in [2.24, 2.45) is 5.41 Å². The van der Waals surface area contributed by atoms with Gasteiger partial charge in [0.2, 0.25) is 0 Å². The minimum absolute atomic E-state index is 0.146. The minimum atomic E-state index is -2.02. The van der Waals surface area contributed by atoms with Gasteiger partial charge in [0.05, 0.1) is 11.0 Å². The lowest BCUT2D eigenvalue weighted by molar-refractivity contribution is -0.158. The van der Waals surface area contributed by atoms with Crippen LogP contribution >= 0.6 is 7.26 Å². The Labute approximate surface area is 205 Å². The lowest BCUT2D eigenvalue weighted by atomic mass is 9.78. The molecule has 0 amide bonds. The van der Waals surface area contributed by atoms with Crippen LogP contribution in [0.3, 0.4) is 0 Å². The normalized spacial score (nSPS) is 13.8. The molecular weight excluding hydrogens is 439 g/mol. The van der Waals surface area contributed by atoms with Crippen LogP contribution in [0.2, 0.25) is 0 Å². The van der Waals surface area contributed by atoms with Crippen molar-refractivity contribution in [1.29, 1.82) is 0 Å². The number of hydrogen-bond donors (Lipinski definition) is 0. The first-order valence-electron chi connectivity index (χ1n) is 12.0. The summed E-state index contributed by atoms with van der Waals surface area (Å²) in [5.74, 6) is -0.146. The summed E-state index contributed by atoms with van der Waals surface area (Å²) in [4.78, 5) is 13.3. The molecule has 1 unspecified atom stereocenters. The predicted octanol–water partition coefficient (Wildman–Crippen LogP) is 5.76. The summed E-state index contributed by atoms with van der Waals surface area (Å²) in [5.41, 5.74) is -0.981. The van der Waals surface area contributed by atoms with Crippen LogP contribution in [0.5, 0.6) is 0 Å². The number of ether oxygens (including phenoxy) is 2. The van der Waals surface area contributed by atoms with Crippen LogP contribution in [0.4, 0.5) is 0 Å². The predicted molar refractivity (Wildman–Crippen MR) is 145 cm³/mol. The highest BCUT2D eigenvalue weighted by Crippen LogP contribution is 2.55. The summed E-state index contributed by atoms with van der Waals surface area (Å²) in [6.45, 7) is 8.44. The third-order valence-electron chi connectivity index (χ3n) is 6.89. The molecule has 0 aliphatic rings. The monoisotopic (exact) mass is 477 g/mol. The Balaban J connectivity index is 1.95. The standard InChI is InChI=1S/C30H38O3P/c1-6-30(4,24-29(2,3)32-5)28(31)33-22-23-34(25-16-10-7-11-17-25,26-18-12-8-13-19-26)27-20-14-9-15-21-27/h7-21H,6,22-24H2,1-5H3/q+1. The second-order valence-electron chi connectivity index (χ2n) is 9.73. The summed E-state index contributed by atoms with van der Waals surface area (Å²) in [6.07, 6.45) is 2.07. The summed E-state index contributed by atoms with van der Waals surface area (Å²) >= 11 is 0. The average Bonchev–Trinajstić information content (AvgIpc) is 2.88. The summed E-state index contributed by atoms with van der Waals surface area (Å²) < 4.78 is 11.7. The quantitative estimate of drug-likeness (QED) is 0.260. The van der Waals surface area contributed by atoms with Crippen molar-refractivity contribution < 1.29 is 14.3 Å². The zero-order valence-corrected chi connectivity index (χ0v) is 22.1. The van der Waals surface area contributed by atoms with E-state index < -0.39 is 18.3 Å². The van der Waals surface area contributed by atoms with Gasteiger partial charge in [0.25, 0.3) is 0 Å². The number of hydrogen-bond acceptors (Lipinski definition) is 3. The van der Waals surface area contributed by atoms with E-state index in [1.807, 2.05) is 27.7 Å². The molecule has 3 rings (SSSR count). The van der Waals surface area contributed by atoms with Crippen molar-refractivity contribution in [1.82, 2.24) is 0 Å². The molecular formula is C30H38O3P+. The highest BCUT2D eigenvalue weighted by Gasteiger charge is 2.46. The zero-order valence-electron chi connectivity index (χ0n) is 21.2. The lowest BCUT2D eigenvalue weighted by Crippen LogP contribution is -2.39. The number of carbonyl (C=O) groups is 1. The van der Waals surface area contributed by atoms with E-state index in [1.165, 1.54) is 15.9 Å². The van der Waals surface area contributed by atoms with Crippen molar-refractivity contribution in [3.63, 3.8) is 0 Å². The smallest absolute Gasteiger partial charge is 0.312 e. The molecule has 0 fully saturated rings. The summed E-state index contributed by atoms with van der Waals surface area (Å²) in [5, 5.41) is 3.88. The maximum absolute atomic E-state index is 13.3. The molecule has 0 N–H and O–H groups in total. The molecule has 0 aromatic heterocycles. The molecule has 0 heterocycles. The van der Waals surface area contributed by atoms with E-state index in [9.17, 15) is 4.79 Å². The van der Waals surface area contributed by atoms with Gasteiger partial charge in [-0.05, 0) is 70.0 Å². The molecule has 3 aromatic carbocycles. The Morgan fingerprint density at radius 1 is 0.765 bits per heavy atom. The van der Waals surface area contributed by atoms with Crippen LogP contribution in [-0.4, -0.2) is 31.4 Å². The molecule has 0 saturated carbocycles. The van der Waals surface area contributed by atoms with E-state index in [4.69, 9.17) is 9.47 Å². The number of methoxy groups -OCH3 is 1. The van der Waals surface area contributed by atoms with E-state index in [0.29, 0.717) is 19.4 Å². The van der Waals surface area contributed by atoms with Gasteiger partial charge in [-0.3, -0.25) is 4.79 Å². The highest BCUT2D eigenvalue weighted by molar-refractivity contribution is 7.95. The van der Waals surface area contributed by atoms with Crippen LogP contribution in [-0.2, 0) is 14.3 Å². The SMILES string of the molecule is CCC(C)(CC(C)(C)OC)C(=O)OCC[P+](c1ccccc1)(c1ccccc1)c1ccccc1. The molecule has 1 atom stereocenters. The van der Waals surface area contributed by atoms with Crippen LogP contribution in [0.25, 0.3) is 0 Å². The van der Waals surface area contributed by atoms with Crippen LogP contribution in [0.15, 0.2) is 91.0 Å². The topological polar surface area (TPSA) is 35.5 Å². The van der Waals surface area contributed by atoms with Gasteiger partial charge in [0.1, 0.15) is 35.9 Å². The zero-order chi connectivity index (χ0) is 24.7. The summed E-state index contributed by atoms with van der Waals surface area (Å²) in [6, 6.07) is 32.1. The molecule has 180 valence electrons. The lowest BCUT2D eigenvalue weighted by Gasteiger charge is -2.34. The van der Waals surface area contributed by atoms with Crippen molar-refractivity contribution >= 4 is 29.1 Å². The third kappa shape index (κ3) is 5.77. The molecule has 0 radical (unpaired) electrons. The van der Waals surface area contributed by atoms with Crippen molar-refractivity contribution in [3.8, 4) is 0 Å². The first-order valence-corrected chi connectivity index (χ1v) is 14.0. The van der Waals surface area contributed by atoms with Gasteiger partial charge in [-0.15, -0.1) is 0 Å². The van der Waals surface area contributed by atoms with Crippen molar-refractivity contribution in [2.75, 3.05) is 19.9 Å². The van der Waals surface area contributed by atoms with Crippen molar-refractivity contribution in [3.05, 3.63) is 91.0 Å². The Kier molecular flexibility index (Phi) is 8.68. The van der Waals surface area contributed by atoms with Gasteiger partial charge in [-0.2, -0.15) is 0 Å². The minimum Gasteiger partial charge on any atom is -0.461 e. The van der Waals surface area contributed by atoms with Gasteiger partial charge in [-0.1, -0.05) is 61.5 Å². The molecule has 3 nitrogen and oxygen atoms in total. The maximum Gasteiger partial charge on any atom is 0.312 e. The van der Waals surface area contributed by atoms with Crippen LogP contribution in [0, 0.1) is 5.41 Å². The molecule has 0 aliphatic carbocycles. The van der Waals surface area contributed by atoms with E-state index in [1.54, 1.807) is 7.11 Å². The molecule has 3 aromatic rings. The first-order chi connectivity index (χ1) is 16.3. The number of benzene rings is 3. The van der Waals surface area contributed by atoms with E-state index in [-0.39, 0.29) is 5.97 Å². The van der Waals surface area contributed by atoms with Gasteiger partial charge >= 0.3 is 5.97 Å². The Morgan fingerprint density at radius 3 is 1.53 bits per heavy atom. The van der Waals surface area contributed by atoms with Gasteiger partial charge < -0.3 is 9.47 Å². The number of esters is 1. The number of rotatable bonds is 11. The molecule has 0 saturated heterocycles. The largest absolute Gasteiger partial charge is 0.461 e. The van der Waals surface area contributed by atoms with E-state index in [0.717, 1.165) is 6.16 Å². The Hall–Kier alpha value is -2.48. The molecule has 0 bridgehead atoms. The van der Waals surface area contributed by atoms with Crippen molar-refractivity contribution in [2.45, 2.75) is 46.1 Å². The second-order valence-corrected chi connectivity index (χ2v) is 13.3. The van der Waals surface area contributed by atoms with Gasteiger partial charge in [0, 0.05) is 7.11 Å². The Morgan fingerprint density at radius 2 is 1.18 bits per heavy atom. The molecule has 0 aliphatic heterocycles. The Bertz CT molecular complexity index is 938. The molecule has 4 heteroatoms. The third-order valence-corrected chi connectivity index (χ3v) is 11.3. The van der Waals surface area contributed by atoms with Crippen LogP contribution in [0.1, 0.15) is 40.5 Å². The fourth-order valence-electron chi connectivity index (χ4n) is 4.68. The maximum atomic E-state index is 13.3. The van der Waals surface area contributed by atoms with E-state index >= 15 is 0 Å². The number of carbonyl (C=O) groups excluding carboxylic acids is 1. The molecule has 34 heavy (non-hydrogen) atoms. The highest BCUT2D eigenvalue weighted by atomic mass is 31.2. The van der Waals surface area contributed by atoms with Crippen LogP contribution < -0.4 is 15.9 Å². The average molecular weight is 478 g/mol. The fraction of sp³-hybridized carbons (Fsp3) is 0.367.